The Labute approximate surface area is 141 Å². The van der Waals surface area contributed by atoms with E-state index in [0.717, 1.165) is 12.8 Å². The van der Waals surface area contributed by atoms with Crippen molar-refractivity contribution in [1.82, 2.24) is 15.1 Å². The Bertz CT molecular complexity index is 579. The van der Waals surface area contributed by atoms with E-state index in [1.165, 1.54) is 12.8 Å². The predicted molar refractivity (Wildman–Crippen MR) is 89.7 cm³/mol. The molecule has 2 fully saturated rings. The Hall–Kier alpha value is -1.75. The third-order valence-electron chi connectivity index (χ3n) is 4.64. The van der Waals surface area contributed by atoms with Crippen molar-refractivity contribution in [2.45, 2.75) is 31.7 Å². The van der Waals surface area contributed by atoms with E-state index in [2.05, 4.69) is 5.32 Å². The van der Waals surface area contributed by atoms with Crippen LogP contribution >= 0.6 is 11.6 Å². The molecule has 1 aromatic rings. The van der Waals surface area contributed by atoms with Crippen LogP contribution in [0, 0.1) is 0 Å². The van der Waals surface area contributed by atoms with E-state index in [4.69, 9.17) is 11.6 Å². The Morgan fingerprint density at radius 1 is 1.00 bits per heavy atom. The first-order chi connectivity index (χ1) is 11.1. The van der Waals surface area contributed by atoms with E-state index in [1.807, 2.05) is 12.1 Å². The topological polar surface area (TPSA) is 52.7 Å². The van der Waals surface area contributed by atoms with Crippen molar-refractivity contribution in [1.29, 1.82) is 0 Å². The van der Waals surface area contributed by atoms with Crippen molar-refractivity contribution in [3.63, 3.8) is 0 Å². The number of benzene rings is 1. The highest BCUT2D eigenvalue weighted by Crippen LogP contribution is 2.19. The lowest BCUT2D eigenvalue weighted by molar-refractivity contribution is 0.0663. The highest BCUT2D eigenvalue weighted by molar-refractivity contribution is 6.33. The molecule has 3 rings (SSSR count). The van der Waals surface area contributed by atoms with Crippen molar-refractivity contribution in [2.24, 2.45) is 0 Å². The van der Waals surface area contributed by atoms with E-state index < -0.39 is 0 Å². The molecule has 1 N–H and O–H groups in total. The summed E-state index contributed by atoms with van der Waals surface area (Å²) < 4.78 is 0. The van der Waals surface area contributed by atoms with E-state index in [0.29, 0.717) is 42.8 Å². The summed E-state index contributed by atoms with van der Waals surface area (Å²) in [5.41, 5.74) is 0.526. The Morgan fingerprint density at radius 2 is 1.61 bits per heavy atom. The number of hydrogen-bond donors (Lipinski definition) is 1. The van der Waals surface area contributed by atoms with Gasteiger partial charge in [-0.1, -0.05) is 36.6 Å². The lowest BCUT2D eigenvalue weighted by Crippen LogP contribution is -2.54. The summed E-state index contributed by atoms with van der Waals surface area (Å²) in [7, 11) is 0. The molecule has 0 spiro atoms. The van der Waals surface area contributed by atoms with Crippen molar-refractivity contribution in [3.05, 3.63) is 34.9 Å². The van der Waals surface area contributed by atoms with Gasteiger partial charge in [0, 0.05) is 32.2 Å². The molecule has 0 bridgehead atoms. The monoisotopic (exact) mass is 335 g/mol. The van der Waals surface area contributed by atoms with Crippen molar-refractivity contribution >= 4 is 23.5 Å². The van der Waals surface area contributed by atoms with Crippen LogP contribution in [-0.2, 0) is 0 Å². The molecule has 6 heteroatoms. The molecule has 1 saturated carbocycles. The second-order valence-electron chi connectivity index (χ2n) is 6.19. The summed E-state index contributed by atoms with van der Waals surface area (Å²) >= 11 is 6.09. The molecule has 1 heterocycles. The fraction of sp³-hybridized carbons (Fsp3) is 0.529. The molecule has 0 aromatic heterocycles. The fourth-order valence-electron chi connectivity index (χ4n) is 3.25. The number of carbonyl (C=O) groups is 2. The van der Waals surface area contributed by atoms with Crippen molar-refractivity contribution < 1.29 is 9.59 Å². The van der Waals surface area contributed by atoms with Crippen LogP contribution < -0.4 is 5.32 Å². The Kier molecular flexibility index (Phi) is 5.06. The summed E-state index contributed by atoms with van der Waals surface area (Å²) in [6.07, 6.45) is 4.56. The van der Waals surface area contributed by atoms with Gasteiger partial charge < -0.3 is 15.1 Å². The second kappa shape index (κ2) is 7.21. The largest absolute Gasteiger partial charge is 0.335 e. The first-order valence-electron chi connectivity index (χ1n) is 8.24. The lowest BCUT2D eigenvalue weighted by Gasteiger charge is -2.35. The van der Waals surface area contributed by atoms with Gasteiger partial charge in [0.1, 0.15) is 0 Å². The number of halogens is 1. The minimum Gasteiger partial charge on any atom is -0.335 e. The van der Waals surface area contributed by atoms with Gasteiger partial charge in [-0.15, -0.1) is 0 Å². The van der Waals surface area contributed by atoms with Crippen molar-refractivity contribution in [2.75, 3.05) is 26.2 Å². The first-order valence-corrected chi connectivity index (χ1v) is 8.62. The Morgan fingerprint density at radius 3 is 2.26 bits per heavy atom. The number of urea groups is 1. The van der Waals surface area contributed by atoms with Gasteiger partial charge in [-0.3, -0.25) is 4.79 Å². The smallest absolute Gasteiger partial charge is 0.317 e. The molecular weight excluding hydrogens is 314 g/mol. The summed E-state index contributed by atoms with van der Waals surface area (Å²) in [6, 6.07) is 7.41. The number of piperazine rings is 1. The average molecular weight is 336 g/mol. The van der Waals surface area contributed by atoms with Crippen LogP contribution in [0.15, 0.2) is 24.3 Å². The zero-order valence-electron chi connectivity index (χ0n) is 13.1. The molecule has 1 aliphatic carbocycles. The SMILES string of the molecule is O=C(NC1CCCC1)N1CCN(C(=O)c2ccccc2Cl)CC1. The molecule has 1 aliphatic heterocycles. The van der Waals surface area contributed by atoms with Crippen LogP contribution in [0.3, 0.4) is 0 Å². The summed E-state index contributed by atoms with van der Waals surface area (Å²) in [6.45, 7) is 2.22. The molecule has 3 amide bonds. The van der Waals surface area contributed by atoms with Crippen LogP contribution in [-0.4, -0.2) is 54.0 Å². The van der Waals surface area contributed by atoms with Gasteiger partial charge in [0.15, 0.2) is 0 Å². The Balaban J connectivity index is 1.52. The van der Waals surface area contributed by atoms with Crippen LogP contribution in [0.4, 0.5) is 4.79 Å². The number of carbonyl (C=O) groups excluding carboxylic acids is 2. The number of nitrogens with zero attached hydrogens (tertiary/aromatic N) is 2. The maximum atomic E-state index is 12.5. The van der Waals surface area contributed by atoms with Gasteiger partial charge in [0.25, 0.3) is 5.91 Å². The molecule has 0 unspecified atom stereocenters. The number of amides is 3. The maximum absolute atomic E-state index is 12.5. The zero-order valence-corrected chi connectivity index (χ0v) is 13.9. The van der Waals surface area contributed by atoms with Gasteiger partial charge >= 0.3 is 6.03 Å². The van der Waals surface area contributed by atoms with E-state index in [-0.39, 0.29) is 11.9 Å². The minimum atomic E-state index is -0.0635. The molecule has 0 atom stereocenters. The molecule has 2 aliphatic rings. The van der Waals surface area contributed by atoms with Crippen LogP contribution in [0.5, 0.6) is 0 Å². The fourth-order valence-corrected chi connectivity index (χ4v) is 3.47. The van der Waals surface area contributed by atoms with Crippen molar-refractivity contribution in [3.8, 4) is 0 Å². The maximum Gasteiger partial charge on any atom is 0.317 e. The van der Waals surface area contributed by atoms with Gasteiger partial charge in [-0.05, 0) is 25.0 Å². The number of hydrogen-bond acceptors (Lipinski definition) is 2. The molecule has 0 radical (unpaired) electrons. The third kappa shape index (κ3) is 3.78. The van der Waals surface area contributed by atoms with E-state index >= 15 is 0 Å². The molecular formula is C17H22ClN3O2. The second-order valence-corrected chi connectivity index (χ2v) is 6.60. The standard InChI is InChI=1S/C17H22ClN3O2/c18-15-8-4-3-7-14(15)16(22)20-9-11-21(12-10-20)17(23)19-13-5-1-2-6-13/h3-4,7-8,13H,1-2,5-6,9-12H2,(H,19,23). The average Bonchev–Trinajstić information content (AvgIpc) is 3.08. The highest BCUT2D eigenvalue weighted by Gasteiger charge is 2.27. The predicted octanol–water partition coefficient (Wildman–Crippen LogP) is 2.75. The number of rotatable bonds is 2. The molecule has 23 heavy (non-hydrogen) atoms. The van der Waals surface area contributed by atoms with Gasteiger partial charge in [-0.2, -0.15) is 0 Å². The van der Waals surface area contributed by atoms with Crippen LogP contribution in [0.25, 0.3) is 0 Å². The number of nitrogens with one attached hydrogen (secondary N) is 1. The van der Waals surface area contributed by atoms with Gasteiger partial charge in [-0.25, -0.2) is 4.79 Å². The molecule has 5 nitrogen and oxygen atoms in total. The normalized spacial score (nSPS) is 19.0. The quantitative estimate of drug-likeness (QED) is 0.903. The lowest BCUT2D eigenvalue weighted by atomic mass is 10.2. The summed E-state index contributed by atoms with van der Waals surface area (Å²) in [5, 5.41) is 3.57. The highest BCUT2D eigenvalue weighted by atomic mass is 35.5. The van der Waals surface area contributed by atoms with Gasteiger partial charge in [0.05, 0.1) is 10.6 Å². The molecule has 1 aromatic carbocycles. The van der Waals surface area contributed by atoms with E-state index in [1.54, 1.807) is 21.9 Å². The molecule has 1 saturated heterocycles. The first kappa shape index (κ1) is 16.1. The summed E-state index contributed by atoms with van der Waals surface area (Å²) in [5.74, 6) is -0.0635. The third-order valence-corrected chi connectivity index (χ3v) is 4.97. The minimum absolute atomic E-state index is 0.00161. The van der Waals surface area contributed by atoms with E-state index in [9.17, 15) is 9.59 Å². The van der Waals surface area contributed by atoms with Crippen LogP contribution in [0.1, 0.15) is 36.0 Å². The summed E-state index contributed by atoms with van der Waals surface area (Å²) in [4.78, 5) is 28.3. The zero-order chi connectivity index (χ0) is 16.2. The molecule has 124 valence electrons. The van der Waals surface area contributed by atoms with Gasteiger partial charge in [0.2, 0.25) is 0 Å². The van der Waals surface area contributed by atoms with Crippen LogP contribution in [0.2, 0.25) is 5.02 Å².